The van der Waals surface area contributed by atoms with Crippen LogP contribution in [0.3, 0.4) is 0 Å². The molecule has 2 aromatic heterocycles. The van der Waals surface area contributed by atoms with Gasteiger partial charge in [0.2, 0.25) is 5.91 Å². The van der Waals surface area contributed by atoms with E-state index in [9.17, 15) is 14.0 Å². The summed E-state index contributed by atoms with van der Waals surface area (Å²) in [6, 6.07) is 20.9. The van der Waals surface area contributed by atoms with Crippen LogP contribution in [0.25, 0.3) is 33.5 Å². The van der Waals surface area contributed by atoms with Gasteiger partial charge in [0.05, 0.1) is 17.9 Å². The number of nitrogens with zero attached hydrogens (tertiary/aromatic N) is 2. The van der Waals surface area contributed by atoms with Gasteiger partial charge in [-0.25, -0.2) is 9.37 Å². The van der Waals surface area contributed by atoms with Crippen molar-refractivity contribution in [2.45, 2.75) is 25.8 Å². The fraction of sp³-hybridized carbons (Fsp3) is 0.212. The van der Waals surface area contributed by atoms with Crippen LogP contribution < -0.4 is 16.0 Å². The Morgan fingerprint density at radius 2 is 1.64 bits per heavy atom. The van der Waals surface area contributed by atoms with Crippen molar-refractivity contribution >= 4 is 53.1 Å². The number of imidazole rings is 1. The Bertz CT molecular complexity index is 1760. The number of H-pyrrole nitrogens is 1. The Hall–Kier alpha value is -4.31. The van der Waals surface area contributed by atoms with Crippen molar-refractivity contribution in [1.29, 1.82) is 0 Å². The van der Waals surface area contributed by atoms with Gasteiger partial charge in [0, 0.05) is 34.3 Å². The molecule has 0 unspecified atom stereocenters. The van der Waals surface area contributed by atoms with E-state index in [-0.39, 0.29) is 54.4 Å². The third-order valence-corrected chi connectivity index (χ3v) is 7.65. The highest BCUT2D eigenvalue weighted by atomic mass is 35.5. The maximum atomic E-state index is 13.4. The maximum absolute atomic E-state index is 13.4. The first-order chi connectivity index (χ1) is 20.4. The van der Waals surface area contributed by atoms with Gasteiger partial charge in [0.25, 0.3) is 5.91 Å². The minimum absolute atomic E-state index is 0. The number of pyridine rings is 1. The molecule has 0 bridgehead atoms. The van der Waals surface area contributed by atoms with Crippen LogP contribution >= 0.6 is 24.8 Å². The van der Waals surface area contributed by atoms with Crippen LogP contribution in [0.5, 0.6) is 0 Å². The fourth-order valence-corrected chi connectivity index (χ4v) is 5.24. The number of piperidine rings is 1. The number of aromatic nitrogens is 3. The lowest BCUT2D eigenvalue weighted by atomic mass is 9.97. The molecule has 1 saturated heterocycles. The van der Waals surface area contributed by atoms with Gasteiger partial charge >= 0.3 is 0 Å². The van der Waals surface area contributed by atoms with E-state index in [1.807, 2.05) is 49.5 Å². The van der Waals surface area contributed by atoms with E-state index in [0.29, 0.717) is 34.0 Å². The molecule has 3 heterocycles. The Morgan fingerprint density at radius 1 is 0.909 bits per heavy atom. The SMILES string of the molecule is C[C@@H](NC(=O)c1cc(NC(=O)C2CCNCC2)cc(-c2cnc(-c3cc4ccccc4cn3)[nH]2)c1)c1ccc(F)cc1.Cl.Cl. The normalized spacial score (nSPS) is 13.8. The molecular formula is C33H33Cl2FN6O2. The first-order valence-corrected chi connectivity index (χ1v) is 14.1. The third kappa shape index (κ3) is 7.42. The first-order valence-electron chi connectivity index (χ1n) is 14.1. The Kier molecular flexibility index (Phi) is 10.7. The van der Waals surface area contributed by atoms with Crippen LogP contribution in [0.2, 0.25) is 0 Å². The number of nitrogens with one attached hydrogen (secondary N) is 4. The predicted octanol–water partition coefficient (Wildman–Crippen LogP) is 6.70. The molecule has 6 rings (SSSR count). The lowest BCUT2D eigenvalue weighted by Gasteiger charge is -2.22. The van der Waals surface area contributed by atoms with E-state index >= 15 is 0 Å². The molecule has 8 nitrogen and oxygen atoms in total. The molecule has 1 aliphatic heterocycles. The van der Waals surface area contributed by atoms with Gasteiger partial charge < -0.3 is 20.9 Å². The molecule has 0 aliphatic carbocycles. The highest BCUT2D eigenvalue weighted by Gasteiger charge is 2.22. The minimum Gasteiger partial charge on any atom is -0.346 e. The highest BCUT2D eigenvalue weighted by molar-refractivity contribution is 5.99. The quantitative estimate of drug-likeness (QED) is 0.159. The van der Waals surface area contributed by atoms with Crippen molar-refractivity contribution in [2.75, 3.05) is 18.4 Å². The summed E-state index contributed by atoms with van der Waals surface area (Å²) in [5.74, 6) is -0.219. The largest absolute Gasteiger partial charge is 0.346 e. The van der Waals surface area contributed by atoms with Gasteiger partial charge in [-0.1, -0.05) is 36.4 Å². The summed E-state index contributed by atoms with van der Waals surface area (Å²) in [4.78, 5) is 39.0. The van der Waals surface area contributed by atoms with Gasteiger partial charge in [-0.3, -0.25) is 14.6 Å². The average Bonchev–Trinajstić information content (AvgIpc) is 3.52. The summed E-state index contributed by atoms with van der Waals surface area (Å²) in [6.45, 7) is 3.44. The average molecular weight is 636 g/mol. The predicted molar refractivity (Wildman–Crippen MR) is 176 cm³/mol. The van der Waals surface area contributed by atoms with Crippen molar-refractivity contribution in [1.82, 2.24) is 25.6 Å². The van der Waals surface area contributed by atoms with E-state index in [1.165, 1.54) is 12.1 Å². The molecule has 3 aromatic carbocycles. The lowest BCUT2D eigenvalue weighted by molar-refractivity contribution is -0.120. The molecule has 2 amide bonds. The Labute approximate surface area is 267 Å². The van der Waals surface area contributed by atoms with Gasteiger partial charge in [-0.05, 0) is 80.2 Å². The second-order valence-corrected chi connectivity index (χ2v) is 10.6. The van der Waals surface area contributed by atoms with Gasteiger partial charge in [-0.2, -0.15) is 0 Å². The molecule has 1 fully saturated rings. The van der Waals surface area contributed by atoms with Gasteiger partial charge in [0.15, 0.2) is 5.82 Å². The standard InChI is InChI=1S/C33H31FN6O2.2ClH/c1-20(21-6-8-27(34)9-7-21)38-33(42)26-14-25(15-28(16-26)39-32(41)22-10-12-35-13-11-22)30-19-37-31(40-30)29-17-23-4-2-3-5-24(23)18-36-29;;/h2-9,14-20,22,35H,10-13H2,1H3,(H,37,40)(H,38,42)(H,39,41);2*1H/t20-;;/m1../s1. The number of anilines is 1. The van der Waals surface area contributed by atoms with E-state index < -0.39 is 0 Å². The molecule has 0 radical (unpaired) electrons. The number of hydrogen-bond acceptors (Lipinski definition) is 5. The third-order valence-electron chi connectivity index (χ3n) is 7.65. The number of carbonyl (C=O) groups is 2. The Balaban J connectivity index is 0.00000221. The number of fused-ring (bicyclic) bond motifs is 1. The number of halogens is 3. The summed E-state index contributed by atoms with van der Waals surface area (Å²) >= 11 is 0. The van der Waals surface area contributed by atoms with E-state index in [1.54, 1.807) is 30.5 Å². The second-order valence-electron chi connectivity index (χ2n) is 10.6. The second kappa shape index (κ2) is 14.4. The van der Waals surface area contributed by atoms with Crippen LogP contribution in [0.4, 0.5) is 10.1 Å². The molecular weight excluding hydrogens is 602 g/mol. The summed E-state index contributed by atoms with van der Waals surface area (Å²) in [5, 5.41) is 11.4. The van der Waals surface area contributed by atoms with Crippen LogP contribution in [-0.2, 0) is 4.79 Å². The van der Waals surface area contributed by atoms with E-state index in [2.05, 4.69) is 30.9 Å². The van der Waals surface area contributed by atoms with E-state index in [4.69, 9.17) is 0 Å². The molecule has 1 atom stereocenters. The topological polar surface area (TPSA) is 112 Å². The monoisotopic (exact) mass is 634 g/mol. The zero-order valence-corrected chi connectivity index (χ0v) is 25.6. The van der Waals surface area contributed by atoms with Crippen molar-refractivity contribution in [2.24, 2.45) is 5.92 Å². The smallest absolute Gasteiger partial charge is 0.251 e. The molecule has 0 spiro atoms. The lowest BCUT2D eigenvalue weighted by Crippen LogP contribution is -2.34. The molecule has 44 heavy (non-hydrogen) atoms. The summed E-state index contributed by atoms with van der Waals surface area (Å²) in [5.41, 5.74) is 3.75. The Morgan fingerprint density at radius 3 is 2.39 bits per heavy atom. The highest BCUT2D eigenvalue weighted by Crippen LogP contribution is 2.28. The minimum atomic E-state index is -0.354. The number of aromatic amines is 1. The summed E-state index contributed by atoms with van der Waals surface area (Å²) in [7, 11) is 0. The molecule has 4 N–H and O–H groups in total. The van der Waals surface area contributed by atoms with E-state index in [0.717, 1.165) is 42.3 Å². The van der Waals surface area contributed by atoms with Crippen LogP contribution in [-0.4, -0.2) is 39.9 Å². The summed E-state index contributed by atoms with van der Waals surface area (Å²) in [6.07, 6.45) is 5.03. The summed E-state index contributed by atoms with van der Waals surface area (Å²) < 4.78 is 13.4. The van der Waals surface area contributed by atoms with Crippen molar-refractivity contribution in [3.63, 3.8) is 0 Å². The number of amides is 2. The zero-order valence-electron chi connectivity index (χ0n) is 24.0. The number of rotatable bonds is 7. The maximum Gasteiger partial charge on any atom is 0.251 e. The molecule has 11 heteroatoms. The molecule has 5 aromatic rings. The van der Waals surface area contributed by atoms with Crippen LogP contribution in [0.1, 0.15) is 41.7 Å². The number of benzene rings is 3. The van der Waals surface area contributed by atoms with Gasteiger partial charge in [-0.15, -0.1) is 24.8 Å². The van der Waals surface area contributed by atoms with Crippen LogP contribution in [0, 0.1) is 11.7 Å². The number of carbonyl (C=O) groups excluding carboxylic acids is 2. The molecule has 1 aliphatic rings. The van der Waals surface area contributed by atoms with Crippen LogP contribution in [0.15, 0.2) is 85.2 Å². The fourth-order valence-electron chi connectivity index (χ4n) is 5.24. The first kappa shape index (κ1) is 32.6. The van der Waals surface area contributed by atoms with Crippen molar-refractivity contribution < 1.29 is 14.0 Å². The van der Waals surface area contributed by atoms with Crippen molar-refractivity contribution in [3.8, 4) is 22.8 Å². The molecule has 0 saturated carbocycles. The molecule has 228 valence electrons. The number of hydrogen-bond donors (Lipinski definition) is 4. The van der Waals surface area contributed by atoms with Crippen molar-refractivity contribution in [3.05, 3.63) is 102 Å². The van der Waals surface area contributed by atoms with Gasteiger partial charge in [0.1, 0.15) is 11.5 Å². The zero-order chi connectivity index (χ0) is 29.1.